The van der Waals surface area contributed by atoms with Crippen LogP contribution in [0.2, 0.25) is 0 Å². The molecule has 39 heavy (non-hydrogen) atoms. The lowest BCUT2D eigenvalue weighted by Gasteiger charge is -2.40. The van der Waals surface area contributed by atoms with Gasteiger partial charge in [0.25, 0.3) is 0 Å². The van der Waals surface area contributed by atoms with E-state index in [0.29, 0.717) is 16.7 Å². The molecule has 0 bridgehead atoms. The van der Waals surface area contributed by atoms with Gasteiger partial charge in [0.05, 0.1) is 6.10 Å². The predicted molar refractivity (Wildman–Crippen MR) is 138 cm³/mol. The highest BCUT2D eigenvalue weighted by Gasteiger charge is 2.44. The number of rotatable bonds is 3. The second-order valence-electron chi connectivity index (χ2n) is 9.86. The Morgan fingerprint density at radius 1 is 0.615 bits per heavy atom. The lowest BCUT2D eigenvalue weighted by molar-refractivity contribution is 0.00194. The van der Waals surface area contributed by atoms with E-state index in [1.54, 1.807) is 30.3 Å². The number of fused-ring (bicyclic) bond motifs is 2. The maximum absolute atomic E-state index is 11.7. The fourth-order valence-corrected chi connectivity index (χ4v) is 5.50. The Morgan fingerprint density at radius 2 is 1.21 bits per heavy atom. The first-order valence-corrected chi connectivity index (χ1v) is 12.4. The highest BCUT2D eigenvalue weighted by Crippen LogP contribution is 2.55. The molecule has 4 aromatic carbocycles. The Balaban J connectivity index is 1.52. The third-order valence-corrected chi connectivity index (χ3v) is 7.38. The van der Waals surface area contributed by atoms with Gasteiger partial charge in [-0.1, -0.05) is 30.3 Å². The summed E-state index contributed by atoms with van der Waals surface area (Å²) in [5.41, 5.74) is 2.04. The average molecular weight is 531 g/mol. The van der Waals surface area contributed by atoms with Gasteiger partial charge in [0.15, 0.2) is 6.10 Å². The first-order valence-electron chi connectivity index (χ1n) is 12.4. The lowest BCUT2D eigenvalue weighted by Crippen LogP contribution is -2.36. The van der Waals surface area contributed by atoms with Crippen LogP contribution in [0.1, 0.15) is 45.9 Å². The van der Waals surface area contributed by atoms with Crippen LogP contribution in [0.25, 0.3) is 0 Å². The average Bonchev–Trinajstić information content (AvgIpc) is 2.91. The van der Waals surface area contributed by atoms with Crippen molar-refractivity contribution in [3.63, 3.8) is 0 Å². The zero-order chi connectivity index (χ0) is 27.4. The number of benzene rings is 4. The molecular weight excluding hydrogens is 504 g/mol. The van der Waals surface area contributed by atoms with E-state index in [9.17, 15) is 35.7 Å². The number of ether oxygens (including phenoxy) is 2. The van der Waals surface area contributed by atoms with E-state index >= 15 is 0 Å². The summed E-state index contributed by atoms with van der Waals surface area (Å²) >= 11 is 0. The van der Waals surface area contributed by atoms with Crippen LogP contribution >= 0.6 is 0 Å². The van der Waals surface area contributed by atoms with Crippen molar-refractivity contribution in [1.82, 2.24) is 0 Å². The molecule has 0 saturated heterocycles. The summed E-state index contributed by atoms with van der Waals surface area (Å²) in [4.78, 5) is 0. The van der Waals surface area contributed by atoms with E-state index < -0.39 is 30.3 Å². The summed E-state index contributed by atoms with van der Waals surface area (Å²) in [6, 6.07) is 17.9. The van der Waals surface area contributed by atoms with Gasteiger partial charge in [-0.15, -0.1) is 0 Å². The smallest absolute Gasteiger partial charge is 0.150 e. The molecule has 2 aliphatic rings. The number of hydrogen-bond donors (Lipinski definition) is 7. The van der Waals surface area contributed by atoms with Gasteiger partial charge < -0.3 is 45.2 Å². The van der Waals surface area contributed by atoms with Crippen LogP contribution in [0.15, 0.2) is 72.8 Å². The number of phenolic OH excluding ortho intramolecular Hbond substituents is 5. The molecule has 6 rings (SSSR count). The molecule has 7 N–H and O–H groups in total. The van der Waals surface area contributed by atoms with Crippen molar-refractivity contribution in [2.24, 2.45) is 0 Å². The maximum Gasteiger partial charge on any atom is 0.150 e. The van der Waals surface area contributed by atoms with Gasteiger partial charge in [0.2, 0.25) is 0 Å². The van der Waals surface area contributed by atoms with Crippen molar-refractivity contribution in [3.05, 3.63) is 101 Å². The normalized spacial score (nSPS) is 23.7. The standard InChI is InChI=1S/C30H26O9/c31-16-5-1-14(2-6-16)28-23(36)12-20-21(34)13-22(35)26(30(20)39-28)25-19-10-9-18(33)11-24(19)38-29(27(25)37)15-3-7-17(32)8-4-15/h1-11,13,23,25,27-29,31-37H,12H2/t23-,25-,27-,28+,29+/m0/s1. The lowest BCUT2D eigenvalue weighted by atomic mass is 9.78. The van der Waals surface area contributed by atoms with Crippen molar-refractivity contribution >= 4 is 0 Å². The summed E-state index contributed by atoms with van der Waals surface area (Å²) in [6.07, 6.45) is -4.14. The Morgan fingerprint density at radius 3 is 1.85 bits per heavy atom. The number of aromatic hydroxyl groups is 5. The monoisotopic (exact) mass is 530 g/mol. The molecule has 0 spiro atoms. The summed E-state index contributed by atoms with van der Waals surface area (Å²) in [6.45, 7) is 0. The fraction of sp³-hybridized carbons (Fsp3) is 0.200. The van der Waals surface area contributed by atoms with Gasteiger partial charge >= 0.3 is 0 Å². The molecule has 0 aromatic heterocycles. The SMILES string of the molecule is Oc1ccc([C@H]2Oc3cc(O)ccc3[C@@H](c3c(O)cc(O)c4c3O[C@H](c3ccc(O)cc3)[C@@H](O)C4)[C@@H]2O)cc1. The van der Waals surface area contributed by atoms with E-state index in [2.05, 4.69) is 0 Å². The van der Waals surface area contributed by atoms with Gasteiger partial charge in [-0.2, -0.15) is 0 Å². The molecular formula is C30H26O9. The summed E-state index contributed by atoms with van der Waals surface area (Å²) in [5.74, 6) is -1.11. The largest absolute Gasteiger partial charge is 0.508 e. The Bertz CT molecular complexity index is 1530. The van der Waals surface area contributed by atoms with Crippen molar-refractivity contribution < 1.29 is 45.2 Å². The van der Waals surface area contributed by atoms with Crippen LogP contribution in [0.5, 0.6) is 40.2 Å². The van der Waals surface area contributed by atoms with Gasteiger partial charge in [-0.05, 0) is 41.5 Å². The molecule has 4 aromatic rings. The van der Waals surface area contributed by atoms with Gasteiger partial charge in [-0.25, -0.2) is 0 Å². The summed E-state index contributed by atoms with van der Waals surface area (Å²) in [5, 5.41) is 74.1. The second-order valence-corrected chi connectivity index (χ2v) is 9.86. The molecule has 2 aliphatic heterocycles. The summed E-state index contributed by atoms with van der Waals surface area (Å²) in [7, 11) is 0. The molecule has 200 valence electrons. The van der Waals surface area contributed by atoms with Crippen LogP contribution in [-0.4, -0.2) is 48.0 Å². The van der Waals surface area contributed by atoms with Crippen molar-refractivity contribution in [2.75, 3.05) is 0 Å². The Kier molecular flexibility index (Phi) is 5.90. The number of aliphatic hydroxyl groups excluding tert-OH is 2. The molecule has 0 amide bonds. The van der Waals surface area contributed by atoms with Crippen LogP contribution in [-0.2, 0) is 6.42 Å². The van der Waals surface area contributed by atoms with E-state index in [0.717, 1.165) is 6.07 Å². The topological polar surface area (TPSA) is 160 Å². The molecule has 0 aliphatic carbocycles. The van der Waals surface area contributed by atoms with E-state index in [1.165, 1.54) is 36.4 Å². The van der Waals surface area contributed by atoms with E-state index in [1.807, 2.05) is 0 Å². The van der Waals surface area contributed by atoms with Crippen molar-refractivity contribution in [3.8, 4) is 40.2 Å². The quantitative estimate of drug-likeness (QED) is 0.209. The van der Waals surface area contributed by atoms with Crippen molar-refractivity contribution in [1.29, 1.82) is 0 Å². The van der Waals surface area contributed by atoms with Gasteiger partial charge in [-0.3, -0.25) is 0 Å². The number of aliphatic hydroxyl groups is 2. The first kappa shape index (κ1) is 24.7. The second kappa shape index (κ2) is 9.30. The molecule has 5 atom stereocenters. The zero-order valence-electron chi connectivity index (χ0n) is 20.5. The third kappa shape index (κ3) is 4.21. The molecule has 0 radical (unpaired) electrons. The molecule has 9 heteroatoms. The van der Waals surface area contributed by atoms with E-state index in [-0.39, 0.29) is 57.8 Å². The summed E-state index contributed by atoms with van der Waals surface area (Å²) < 4.78 is 12.4. The molecule has 0 saturated carbocycles. The molecule has 2 heterocycles. The van der Waals surface area contributed by atoms with Gasteiger partial charge in [0, 0.05) is 41.2 Å². The third-order valence-electron chi connectivity index (χ3n) is 7.38. The van der Waals surface area contributed by atoms with E-state index in [4.69, 9.17) is 9.47 Å². The highest BCUT2D eigenvalue weighted by molar-refractivity contribution is 5.63. The minimum absolute atomic E-state index is 0.00311. The van der Waals surface area contributed by atoms with Crippen LogP contribution in [0.3, 0.4) is 0 Å². The molecule has 0 fully saturated rings. The predicted octanol–water partition coefficient (Wildman–Crippen LogP) is 3.88. The van der Waals surface area contributed by atoms with Crippen LogP contribution in [0.4, 0.5) is 0 Å². The minimum atomic E-state index is -1.27. The number of phenols is 5. The first-order chi connectivity index (χ1) is 18.7. The van der Waals surface area contributed by atoms with Crippen LogP contribution < -0.4 is 9.47 Å². The zero-order valence-corrected chi connectivity index (χ0v) is 20.5. The Hall–Kier alpha value is -4.60. The Labute approximate surface area is 223 Å². The van der Waals surface area contributed by atoms with Crippen LogP contribution in [0, 0.1) is 0 Å². The fourth-order valence-electron chi connectivity index (χ4n) is 5.50. The highest BCUT2D eigenvalue weighted by atomic mass is 16.5. The number of hydrogen-bond acceptors (Lipinski definition) is 9. The molecule has 9 nitrogen and oxygen atoms in total. The van der Waals surface area contributed by atoms with Crippen molar-refractivity contribution in [2.45, 2.75) is 36.8 Å². The molecule has 0 unspecified atom stereocenters. The maximum atomic E-state index is 11.7. The minimum Gasteiger partial charge on any atom is -0.508 e. The van der Waals surface area contributed by atoms with Gasteiger partial charge in [0.1, 0.15) is 52.5 Å².